The normalized spacial score (nSPS) is 20.6. The van der Waals surface area contributed by atoms with Gasteiger partial charge in [-0.2, -0.15) is 23.4 Å². The molecule has 18 nitrogen and oxygen atoms in total. The zero-order valence-electron chi connectivity index (χ0n) is 19.6. The van der Waals surface area contributed by atoms with Gasteiger partial charge >= 0.3 is 16.3 Å². The van der Waals surface area contributed by atoms with Crippen molar-refractivity contribution in [1.29, 1.82) is 0 Å². The number of hydrogen-bond donors (Lipinski definition) is 6. The molecule has 1 aliphatic heterocycles. The molecule has 8 N–H and O–H groups in total. The molecule has 0 bridgehead atoms. The third-order valence-electron chi connectivity index (χ3n) is 5.65. The lowest BCUT2D eigenvalue weighted by Crippen LogP contribution is -2.73. The number of hydrogen-bond acceptors (Lipinski definition) is 14. The van der Waals surface area contributed by atoms with Crippen LogP contribution in [0.1, 0.15) is 24.2 Å². The zero-order valence-corrected chi connectivity index (χ0v) is 21.2. The molecule has 0 spiro atoms. The number of rotatable bonds is 13. The lowest BCUT2D eigenvalue weighted by molar-refractivity contribution is -0.153. The quantitative estimate of drug-likeness (QED) is 0.0456. The summed E-state index contributed by atoms with van der Waals surface area (Å²) < 4.78 is 33.4. The molecule has 3 heterocycles. The number of β-lactam (4-membered cyclic amide) rings is 1. The molecule has 2 fully saturated rings. The summed E-state index contributed by atoms with van der Waals surface area (Å²) in [6.07, 6.45) is 1.76. The van der Waals surface area contributed by atoms with Crippen molar-refractivity contribution >= 4 is 50.3 Å². The summed E-state index contributed by atoms with van der Waals surface area (Å²) in [4.78, 5) is 47.4. The summed E-state index contributed by atoms with van der Waals surface area (Å²) in [5.74, 6) is -3.40. The average Bonchev–Trinajstić information content (AvgIpc) is 3.31. The summed E-state index contributed by atoms with van der Waals surface area (Å²) >= 11 is 0.974. The number of carbonyl (C=O) groups is 3. The monoisotopic (exact) mass is 572 g/mol. The van der Waals surface area contributed by atoms with E-state index in [2.05, 4.69) is 31.0 Å². The van der Waals surface area contributed by atoms with Crippen LogP contribution in [0.4, 0.5) is 5.13 Å². The molecule has 2 aliphatic rings. The largest absolute Gasteiger partial charge is 0.478 e. The van der Waals surface area contributed by atoms with E-state index >= 15 is 0 Å². The first-order valence-corrected chi connectivity index (χ1v) is 13.3. The summed E-state index contributed by atoms with van der Waals surface area (Å²) in [7, 11) is -4.97. The van der Waals surface area contributed by atoms with Crippen LogP contribution in [0.25, 0.3) is 0 Å². The van der Waals surface area contributed by atoms with Crippen molar-refractivity contribution in [2.24, 2.45) is 10.9 Å². The van der Waals surface area contributed by atoms with E-state index in [1.54, 1.807) is 0 Å². The third-order valence-corrected chi connectivity index (χ3v) is 7.27. The van der Waals surface area contributed by atoms with Crippen molar-refractivity contribution in [2.45, 2.75) is 43.6 Å². The highest BCUT2D eigenvalue weighted by atomic mass is 32.2. The van der Waals surface area contributed by atoms with E-state index in [4.69, 9.17) is 16.3 Å². The van der Waals surface area contributed by atoms with Crippen molar-refractivity contribution in [3.8, 4) is 0 Å². The van der Waals surface area contributed by atoms with Gasteiger partial charge in [-0.15, -0.1) is 11.3 Å². The van der Waals surface area contributed by atoms with Crippen LogP contribution in [0.3, 0.4) is 0 Å². The molecular weight excluding hydrogens is 548 g/mol. The number of amides is 2. The highest BCUT2D eigenvalue weighted by Crippen LogP contribution is 2.40. The van der Waals surface area contributed by atoms with Crippen molar-refractivity contribution in [3.05, 3.63) is 23.0 Å². The van der Waals surface area contributed by atoms with Crippen LogP contribution in [-0.4, -0.2) is 96.6 Å². The SMILES string of the molecule is NCCNCc1cnn(CC2C(NC(=O)C(=NOC3(C(=O)O)CC3)c3csc(N)n3)C(=O)N2S(=O)(=O)O)n1. The number of aliphatic carboxylic acids is 1. The van der Waals surface area contributed by atoms with Gasteiger partial charge in [0.2, 0.25) is 5.60 Å². The minimum Gasteiger partial charge on any atom is -0.478 e. The predicted octanol–water partition coefficient (Wildman–Crippen LogP) is -3.10. The van der Waals surface area contributed by atoms with Crippen molar-refractivity contribution in [3.63, 3.8) is 0 Å². The van der Waals surface area contributed by atoms with Crippen molar-refractivity contribution < 1.29 is 37.3 Å². The van der Waals surface area contributed by atoms with Gasteiger partial charge in [0.05, 0.1) is 18.4 Å². The predicted molar refractivity (Wildman–Crippen MR) is 129 cm³/mol. The second-order valence-electron chi connectivity index (χ2n) is 8.39. The Morgan fingerprint density at radius 3 is 2.68 bits per heavy atom. The maximum absolute atomic E-state index is 13.1. The highest BCUT2D eigenvalue weighted by Gasteiger charge is 2.56. The number of nitrogens with zero attached hydrogens (tertiary/aromatic N) is 6. The number of nitrogen functional groups attached to an aromatic ring is 1. The fourth-order valence-corrected chi connectivity index (χ4v) is 4.95. The van der Waals surface area contributed by atoms with Gasteiger partial charge in [0.15, 0.2) is 10.8 Å². The summed E-state index contributed by atoms with van der Waals surface area (Å²) in [5, 5.41) is 28.0. The van der Waals surface area contributed by atoms with Crippen LogP contribution in [0.15, 0.2) is 16.7 Å². The Bertz CT molecular complexity index is 1370. The van der Waals surface area contributed by atoms with Gasteiger partial charge in [-0.25, -0.2) is 14.1 Å². The first-order valence-electron chi connectivity index (χ1n) is 11.1. The number of oxime groups is 1. The fraction of sp³-hybridized carbons (Fsp3) is 0.500. The first kappa shape index (κ1) is 27.3. The molecule has 2 amide bonds. The molecular formula is C18H24N10O8S2. The molecule has 20 heteroatoms. The van der Waals surface area contributed by atoms with Crippen molar-refractivity contribution in [1.82, 2.24) is 34.9 Å². The molecule has 0 aromatic carbocycles. The van der Waals surface area contributed by atoms with Gasteiger partial charge < -0.3 is 32.0 Å². The molecule has 206 valence electrons. The second kappa shape index (κ2) is 10.6. The van der Waals surface area contributed by atoms with Crippen molar-refractivity contribution in [2.75, 3.05) is 18.8 Å². The molecule has 4 rings (SSSR count). The minimum absolute atomic E-state index is 0.0514. The molecule has 1 saturated heterocycles. The lowest BCUT2D eigenvalue weighted by Gasteiger charge is -2.43. The third kappa shape index (κ3) is 5.72. The number of aromatic nitrogens is 4. The van der Waals surface area contributed by atoms with Gasteiger partial charge in [0.1, 0.15) is 17.8 Å². The number of carboxylic acids is 1. The molecule has 38 heavy (non-hydrogen) atoms. The Balaban J connectivity index is 1.54. The Morgan fingerprint density at radius 1 is 1.37 bits per heavy atom. The van der Waals surface area contributed by atoms with E-state index in [-0.39, 0.29) is 34.5 Å². The molecule has 0 radical (unpaired) electrons. The zero-order chi connectivity index (χ0) is 27.7. The van der Waals surface area contributed by atoms with Crippen LogP contribution >= 0.6 is 11.3 Å². The van der Waals surface area contributed by atoms with Crippen LogP contribution in [0, 0.1) is 0 Å². The number of carbonyl (C=O) groups excluding carboxylic acids is 2. The van der Waals surface area contributed by atoms with Gasteiger partial charge in [-0.1, -0.05) is 5.16 Å². The molecule has 1 aliphatic carbocycles. The number of nitrogens with two attached hydrogens (primary N) is 2. The van der Waals surface area contributed by atoms with Crippen LogP contribution < -0.4 is 22.1 Å². The van der Waals surface area contributed by atoms with Crippen LogP contribution in [0.2, 0.25) is 0 Å². The summed E-state index contributed by atoms with van der Waals surface area (Å²) in [6, 6.07) is -2.74. The smallest absolute Gasteiger partial charge is 0.362 e. The first-order chi connectivity index (χ1) is 17.9. The highest BCUT2D eigenvalue weighted by molar-refractivity contribution is 7.84. The van der Waals surface area contributed by atoms with Crippen LogP contribution in [-0.2, 0) is 42.6 Å². The molecule has 1 saturated carbocycles. The molecule has 2 aromatic rings. The maximum Gasteiger partial charge on any atom is 0.362 e. The molecule has 2 unspecified atom stereocenters. The molecule has 2 atom stereocenters. The van der Waals surface area contributed by atoms with E-state index in [0.29, 0.717) is 25.3 Å². The van der Waals surface area contributed by atoms with E-state index in [1.165, 1.54) is 11.6 Å². The van der Waals surface area contributed by atoms with Gasteiger partial charge in [-0.05, 0) is 0 Å². The molecule has 2 aromatic heterocycles. The topological polar surface area (TPSA) is 270 Å². The Labute approximate surface area is 218 Å². The standard InChI is InChI=1S/C18H24N10O8S2/c19-3-4-21-5-9-6-22-27(25-9)7-11-13(15(30)28(11)38(33,34)35)24-14(29)12(10-8-37-17(20)23-10)26-36-18(1-2-18)16(31)32/h6,8,11,13,21H,1-5,7,19H2,(H2,20,23)(H,24,29)(H,31,32)(H,33,34,35). The fourth-order valence-electron chi connectivity index (χ4n) is 3.53. The number of carboxylic acid groups (broad SMARTS) is 1. The Hall–Kier alpha value is -3.72. The van der Waals surface area contributed by atoms with Gasteiger partial charge in [0.25, 0.3) is 11.8 Å². The Morgan fingerprint density at radius 2 is 2.11 bits per heavy atom. The van der Waals surface area contributed by atoms with E-state index < -0.39 is 51.5 Å². The van der Waals surface area contributed by atoms with E-state index in [1.807, 2.05) is 0 Å². The van der Waals surface area contributed by atoms with Gasteiger partial charge in [0, 0.05) is 37.9 Å². The van der Waals surface area contributed by atoms with E-state index in [9.17, 15) is 32.5 Å². The number of nitrogens with one attached hydrogen (secondary N) is 2. The Kier molecular flexibility index (Phi) is 7.60. The average molecular weight is 573 g/mol. The summed E-state index contributed by atoms with van der Waals surface area (Å²) in [5.41, 5.74) is 9.45. The summed E-state index contributed by atoms with van der Waals surface area (Å²) in [6.45, 7) is 0.962. The van der Waals surface area contributed by atoms with Crippen LogP contribution in [0.5, 0.6) is 0 Å². The minimum atomic E-state index is -4.97. The maximum atomic E-state index is 13.1. The number of thiazole rings is 1. The van der Waals surface area contributed by atoms with Gasteiger partial charge in [-0.3, -0.25) is 14.1 Å². The van der Waals surface area contributed by atoms with E-state index in [0.717, 1.165) is 16.1 Å². The lowest BCUT2D eigenvalue weighted by atomic mass is 9.98. The second-order valence-corrected chi connectivity index (χ2v) is 10.6. The number of anilines is 1.